The van der Waals surface area contributed by atoms with E-state index in [-0.39, 0.29) is 6.42 Å². The molecule has 0 bridgehead atoms. The summed E-state index contributed by atoms with van der Waals surface area (Å²) in [7, 11) is 0. The highest BCUT2D eigenvalue weighted by atomic mass is 35.5. The summed E-state index contributed by atoms with van der Waals surface area (Å²) in [6, 6.07) is 5.08. The molecule has 82 valence electrons. The second-order valence-electron chi connectivity index (χ2n) is 4.08. The maximum Gasteiger partial charge on any atom is 0.304 e. The highest BCUT2D eigenvalue weighted by Gasteiger charge is 2.26. The topological polar surface area (TPSA) is 37.3 Å². The number of halogens is 2. The first-order chi connectivity index (χ1) is 6.83. The van der Waals surface area contributed by atoms with E-state index in [1.807, 2.05) is 13.8 Å². The molecule has 2 nitrogen and oxygen atoms in total. The summed E-state index contributed by atoms with van der Waals surface area (Å²) >= 11 is 11.9. The van der Waals surface area contributed by atoms with E-state index in [1.54, 1.807) is 18.2 Å². The van der Waals surface area contributed by atoms with Crippen molar-refractivity contribution >= 4 is 29.2 Å². The van der Waals surface area contributed by atoms with Crippen LogP contribution in [0.15, 0.2) is 18.2 Å². The van der Waals surface area contributed by atoms with E-state index in [2.05, 4.69) is 0 Å². The van der Waals surface area contributed by atoms with Crippen molar-refractivity contribution in [3.63, 3.8) is 0 Å². The van der Waals surface area contributed by atoms with Gasteiger partial charge in [-0.2, -0.15) is 0 Å². The van der Waals surface area contributed by atoms with Crippen molar-refractivity contribution in [3.05, 3.63) is 33.8 Å². The van der Waals surface area contributed by atoms with Crippen molar-refractivity contribution in [2.75, 3.05) is 0 Å². The molecule has 0 spiro atoms. The largest absolute Gasteiger partial charge is 0.481 e. The van der Waals surface area contributed by atoms with Gasteiger partial charge >= 0.3 is 5.97 Å². The Bertz CT molecular complexity index is 386. The normalized spacial score (nSPS) is 11.5. The van der Waals surface area contributed by atoms with Crippen molar-refractivity contribution in [1.82, 2.24) is 0 Å². The van der Waals surface area contributed by atoms with Crippen LogP contribution in [0.5, 0.6) is 0 Å². The molecule has 0 unspecified atom stereocenters. The average molecular weight is 247 g/mol. The molecule has 1 N–H and O–H groups in total. The molecule has 0 aliphatic heterocycles. The third-order valence-corrected chi connectivity index (χ3v) is 2.82. The van der Waals surface area contributed by atoms with Gasteiger partial charge in [-0.15, -0.1) is 0 Å². The zero-order chi connectivity index (χ0) is 11.6. The zero-order valence-corrected chi connectivity index (χ0v) is 10.1. The van der Waals surface area contributed by atoms with E-state index < -0.39 is 11.4 Å². The minimum absolute atomic E-state index is 0.0209. The van der Waals surface area contributed by atoms with Gasteiger partial charge < -0.3 is 5.11 Å². The molecular weight excluding hydrogens is 235 g/mol. The smallest absolute Gasteiger partial charge is 0.304 e. The van der Waals surface area contributed by atoms with Crippen molar-refractivity contribution in [1.29, 1.82) is 0 Å². The van der Waals surface area contributed by atoms with Crippen LogP contribution < -0.4 is 0 Å². The van der Waals surface area contributed by atoms with E-state index >= 15 is 0 Å². The van der Waals surface area contributed by atoms with Gasteiger partial charge in [-0.1, -0.05) is 37.0 Å². The van der Waals surface area contributed by atoms with Crippen LogP contribution in [0.4, 0.5) is 0 Å². The molecule has 4 heteroatoms. The molecule has 1 aromatic carbocycles. The molecule has 1 rings (SSSR count). The molecule has 0 radical (unpaired) electrons. The fraction of sp³-hybridized carbons (Fsp3) is 0.364. The van der Waals surface area contributed by atoms with Gasteiger partial charge in [-0.3, -0.25) is 4.79 Å². The van der Waals surface area contributed by atoms with Crippen LogP contribution in [-0.4, -0.2) is 11.1 Å². The Morgan fingerprint density at radius 1 is 1.40 bits per heavy atom. The average Bonchev–Trinajstić information content (AvgIpc) is 2.06. The SMILES string of the molecule is CC(C)(CC(=O)O)c1cc(Cl)ccc1Cl. The second kappa shape index (κ2) is 4.42. The fourth-order valence-corrected chi connectivity index (χ4v) is 2.03. The molecule has 1 aromatic rings. The highest BCUT2D eigenvalue weighted by Crippen LogP contribution is 2.34. The van der Waals surface area contributed by atoms with Gasteiger partial charge in [0.1, 0.15) is 0 Å². The number of carbonyl (C=O) groups is 1. The van der Waals surface area contributed by atoms with Gasteiger partial charge in [-0.05, 0) is 23.8 Å². The maximum atomic E-state index is 10.7. The number of hydrogen-bond donors (Lipinski definition) is 1. The number of carboxylic acid groups (broad SMARTS) is 1. The first-order valence-electron chi connectivity index (χ1n) is 4.50. The molecule has 15 heavy (non-hydrogen) atoms. The van der Waals surface area contributed by atoms with Gasteiger partial charge in [0.05, 0.1) is 6.42 Å². The van der Waals surface area contributed by atoms with Crippen molar-refractivity contribution in [2.45, 2.75) is 25.7 Å². The van der Waals surface area contributed by atoms with Crippen molar-refractivity contribution in [3.8, 4) is 0 Å². The third-order valence-electron chi connectivity index (χ3n) is 2.25. The minimum atomic E-state index is -0.851. The third kappa shape index (κ3) is 3.11. The van der Waals surface area contributed by atoms with Crippen LogP contribution in [0.2, 0.25) is 10.0 Å². The van der Waals surface area contributed by atoms with Crippen LogP contribution >= 0.6 is 23.2 Å². The van der Waals surface area contributed by atoms with Crippen LogP contribution in [0.1, 0.15) is 25.8 Å². The zero-order valence-electron chi connectivity index (χ0n) is 8.55. The van der Waals surface area contributed by atoms with Gasteiger partial charge in [0.15, 0.2) is 0 Å². The lowest BCUT2D eigenvalue weighted by atomic mass is 9.81. The molecule has 0 atom stereocenters. The summed E-state index contributed by atoms with van der Waals surface area (Å²) in [5.74, 6) is -0.851. The summed E-state index contributed by atoms with van der Waals surface area (Å²) in [4.78, 5) is 10.7. The molecule has 0 saturated heterocycles. The maximum absolute atomic E-state index is 10.7. The quantitative estimate of drug-likeness (QED) is 0.883. The monoisotopic (exact) mass is 246 g/mol. The number of rotatable bonds is 3. The standard InChI is InChI=1S/C11H12Cl2O2/c1-11(2,6-10(14)15)8-5-7(12)3-4-9(8)13/h3-5H,6H2,1-2H3,(H,14,15). The lowest BCUT2D eigenvalue weighted by Gasteiger charge is -2.24. The second-order valence-corrected chi connectivity index (χ2v) is 4.92. The van der Waals surface area contributed by atoms with Gasteiger partial charge in [0.2, 0.25) is 0 Å². The lowest BCUT2D eigenvalue weighted by Crippen LogP contribution is -2.22. The van der Waals surface area contributed by atoms with Crippen molar-refractivity contribution in [2.24, 2.45) is 0 Å². The summed E-state index contributed by atoms with van der Waals surface area (Å²) < 4.78 is 0. The van der Waals surface area contributed by atoms with Crippen molar-refractivity contribution < 1.29 is 9.90 Å². The first-order valence-corrected chi connectivity index (χ1v) is 5.26. The predicted octanol–water partition coefficient (Wildman–Crippen LogP) is 3.75. The predicted molar refractivity (Wildman–Crippen MR) is 61.7 cm³/mol. The summed E-state index contributed by atoms with van der Waals surface area (Å²) in [6.07, 6.45) is 0.0209. The van der Waals surface area contributed by atoms with Crippen LogP contribution in [0.3, 0.4) is 0 Å². The molecule has 0 fully saturated rings. The summed E-state index contributed by atoms with van der Waals surface area (Å²) in [5, 5.41) is 9.90. The number of hydrogen-bond acceptors (Lipinski definition) is 1. The molecule has 0 aliphatic carbocycles. The van der Waals surface area contributed by atoms with Crippen LogP contribution in [0, 0.1) is 0 Å². The Kier molecular flexibility index (Phi) is 3.63. The Morgan fingerprint density at radius 3 is 2.53 bits per heavy atom. The Labute approximate surface area is 98.8 Å². The van der Waals surface area contributed by atoms with E-state index in [0.717, 1.165) is 5.56 Å². The lowest BCUT2D eigenvalue weighted by molar-refractivity contribution is -0.138. The van der Waals surface area contributed by atoms with E-state index in [4.69, 9.17) is 28.3 Å². The number of aliphatic carboxylic acids is 1. The van der Waals surface area contributed by atoms with Gasteiger partial charge in [0.25, 0.3) is 0 Å². The molecule has 0 saturated carbocycles. The Hall–Kier alpha value is -0.730. The summed E-state index contributed by atoms with van der Waals surface area (Å²) in [6.45, 7) is 3.66. The van der Waals surface area contributed by atoms with E-state index in [0.29, 0.717) is 10.0 Å². The first kappa shape index (κ1) is 12.3. The molecule has 0 aromatic heterocycles. The fourth-order valence-electron chi connectivity index (χ4n) is 1.49. The Balaban J connectivity index is 3.13. The Morgan fingerprint density at radius 2 is 2.00 bits per heavy atom. The van der Waals surface area contributed by atoms with Gasteiger partial charge in [0, 0.05) is 15.5 Å². The number of benzene rings is 1. The molecule has 0 amide bonds. The minimum Gasteiger partial charge on any atom is -0.481 e. The number of carboxylic acids is 1. The van der Waals surface area contributed by atoms with E-state index in [9.17, 15) is 4.79 Å². The highest BCUT2D eigenvalue weighted by molar-refractivity contribution is 6.33. The molecular formula is C11H12Cl2O2. The molecule has 0 aliphatic rings. The summed E-state index contributed by atoms with van der Waals surface area (Å²) in [5.41, 5.74) is 0.243. The van der Waals surface area contributed by atoms with Crippen LogP contribution in [-0.2, 0) is 10.2 Å². The van der Waals surface area contributed by atoms with Crippen LogP contribution in [0.25, 0.3) is 0 Å². The molecule has 0 heterocycles. The van der Waals surface area contributed by atoms with E-state index in [1.165, 1.54) is 0 Å². The van der Waals surface area contributed by atoms with Gasteiger partial charge in [-0.25, -0.2) is 0 Å².